The lowest BCUT2D eigenvalue weighted by Crippen LogP contribution is -2.33. The summed E-state index contributed by atoms with van der Waals surface area (Å²) in [5.74, 6) is 1.50. The zero-order valence-electron chi connectivity index (χ0n) is 9.36. The van der Waals surface area contributed by atoms with Crippen LogP contribution in [0.15, 0.2) is 18.5 Å². The fraction of sp³-hybridized carbons (Fsp3) is 0.583. The summed E-state index contributed by atoms with van der Waals surface area (Å²) in [6.07, 6.45) is 6.87. The van der Waals surface area contributed by atoms with Gasteiger partial charge in [0, 0.05) is 11.7 Å². The Hall–Kier alpha value is -1.09. The molecule has 2 N–H and O–H groups in total. The Morgan fingerprint density at radius 3 is 2.93 bits per heavy atom. The fourth-order valence-corrected chi connectivity index (χ4v) is 2.39. The summed E-state index contributed by atoms with van der Waals surface area (Å²) >= 11 is 0. The van der Waals surface area contributed by atoms with Gasteiger partial charge in [0.1, 0.15) is 5.75 Å². The van der Waals surface area contributed by atoms with Crippen LogP contribution in [0, 0.1) is 5.92 Å². The van der Waals surface area contributed by atoms with Gasteiger partial charge in [-0.25, -0.2) is 0 Å². The van der Waals surface area contributed by atoms with E-state index in [0.29, 0.717) is 5.92 Å². The van der Waals surface area contributed by atoms with Crippen LogP contribution in [0.25, 0.3) is 0 Å². The summed E-state index contributed by atoms with van der Waals surface area (Å²) in [5.41, 5.74) is 7.31. The largest absolute Gasteiger partial charge is 0.495 e. The van der Waals surface area contributed by atoms with Crippen molar-refractivity contribution in [3.8, 4) is 5.75 Å². The highest BCUT2D eigenvalue weighted by Gasteiger charge is 2.35. The van der Waals surface area contributed by atoms with Crippen LogP contribution in [0.5, 0.6) is 5.75 Å². The number of ether oxygens (including phenoxy) is 1. The first-order chi connectivity index (χ1) is 7.14. The first-order valence-electron chi connectivity index (χ1n) is 5.42. The molecule has 1 heterocycles. The van der Waals surface area contributed by atoms with Gasteiger partial charge in [-0.15, -0.1) is 0 Å². The normalized spacial score (nSPS) is 30.5. The Bertz CT molecular complexity index is 353. The van der Waals surface area contributed by atoms with Crippen LogP contribution in [0.3, 0.4) is 0 Å². The number of hydrogen-bond donors (Lipinski definition) is 1. The molecule has 1 aliphatic carbocycles. The lowest BCUT2D eigenvalue weighted by atomic mass is 9.90. The van der Waals surface area contributed by atoms with Gasteiger partial charge in [0.2, 0.25) is 0 Å². The molecule has 1 aromatic heterocycles. The molecule has 1 aliphatic rings. The molecule has 0 aliphatic heterocycles. The molecule has 0 aromatic carbocycles. The SMILES string of the molecule is COc1cncc(C2(N)CCC(C)C2)c1. The first kappa shape index (κ1) is 10.4. The maximum atomic E-state index is 6.40. The molecule has 2 unspecified atom stereocenters. The second-order valence-electron chi connectivity index (χ2n) is 4.62. The number of pyridine rings is 1. The molecule has 15 heavy (non-hydrogen) atoms. The number of nitrogens with two attached hydrogens (primary N) is 1. The van der Waals surface area contributed by atoms with Gasteiger partial charge in [-0.05, 0) is 36.8 Å². The van der Waals surface area contributed by atoms with Crippen molar-refractivity contribution in [1.82, 2.24) is 4.98 Å². The van der Waals surface area contributed by atoms with Crippen LogP contribution in [0.4, 0.5) is 0 Å². The van der Waals surface area contributed by atoms with Gasteiger partial charge < -0.3 is 10.5 Å². The molecule has 1 aromatic rings. The fourth-order valence-electron chi connectivity index (χ4n) is 2.39. The number of methoxy groups -OCH3 is 1. The molecule has 2 rings (SSSR count). The van der Waals surface area contributed by atoms with Crippen LogP contribution in [0.2, 0.25) is 0 Å². The molecule has 0 radical (unpaired) electrons. The first-order valence-corrected chi connectivity index (χ1v) is 5.42. The minimum absolute atomic E-state index is 0.193. The van der Waals surface area contributed by atoms with Crippen LogP contribution >= 0.6 is 0 Å². The summed E-state index contributed by atoms with van der Waals surface area (Å²) in [4.78, 5) is 4.17. The van der Waals surface area contributed by atoms with Gasteiger partial charge in [-0.2, -0.15) is 0 Å². The summed E-state index contributed by atoms with van der Waals surface area (Å²) in [6.45, 7) is 2.25. The minimum Gasteiger partial charge on any atom is -0.495 e. The van der Waals surface area contributed by atoms with Crippen molar-refractivity contribution in [1.29, 1.82) is 0 Å². The summed E-state index contributed by atoms with van der Waals surface area (Å²) in [7, 11) is 1.65. The highest BCUT2D eigenvalue weighted by Crippen LogP contribution is 2.40. The maximum Gasteiger partial charge on any atom is 0.137 e. The van der Waals surface area contributed by atoms with Gasteiger partial charge in [-0.3, -0.25) is 4.98 Å². The molecule has 0 spiro atoms. The van der Waals surface area contributed by atoms with E-state index in [4.69, 9.17) is 10.5 Å². The third-order valence-corrected chi connectivity index (χ3v) is 3.32. The predicted molar refractivity (Wildman–Crippen MR) is 59.7 cm³/mol. The Morgan fingerprint density at radius 1 is 1.53 bits per heavy atom. The lowest BCUT2D eigenvalue weighted by molar-refractivity contribution is 0.403. The van der Waals surface area contributed by atoms with Gasteiger partial charge in [0.05, 0.1) is 13.3 Å². The van der Waals surface area contributed by atoms with E-state index in [1.807, 2.05) is 12.3 Å². The Labute approximate surface area is 90.7 Å². The van der Waals surface area contributed by atoms with E-state index in [1.165, 1.54) is 6.42 Å². The van der Waals surface area contributed by atoms with Gasteiger partial charge in [0.15, 0.2) is 0 Å². The van der Waals surface area contributed by atoms with Gasteiger partial charge >= 0.3 is 0 Å². The molecule has 0 saturated heterocycles. The molecule has 3 heteroatoms. The second kappa shape index (κ2) is 3.81. The Kier molecular flexibility index (Phi) is 2.65. The van der Waals surface area contributed by atoms with E-state index in [9.17, 15) is 0 Å². The van der Waals surface area contributed by atoms with E-state index in [-0.39, 0.29) is 5.54 Å². The highest BCUT2D eigenvalue weighted by atomic mass is 16.5. The molecule has 1 fully saturated rings. The van der Waals surface area contributed by atoms with Crippen molar-refractivity contribution in [2.45, 2.75) is 31.7 Å². The van der Waals surface area contributed by atoms with E-state index >= 15 is 0 Å². The summed E-state index contributed by atoms with van der Waals surface area (Å²) in [5, 5.41) is 0. The standard InChI is InChI=1S/C12H18N2O/c1-9-3-4-12(13,6-9)10-5-11(15-2)8-14-7-10/h5,7-9H,3-4,6,13H2,1-2H3. The predicted octanol–water partition coefficient (Wildman–Crippen LogP) is 2.06. The van der Waals surface area contributed by atoms with Crippen molar-refractivity contribution in [3.05, 3.63) is 24.0 Å². The molecular weight excluding hydrogens is 188 g/mol. The smallest absolute Gasteiger partial charge is 0.137 e. The minimum atomic E-state index is -0.193. The third-order valence-electron chi connectivity index (χ3n) is 3.32. The van der Waals surface area contributed by atoms with Crippen molar-refractivity contribution in [2.24, 2.45) is 11.7 Å². The van der Waals surface area contributed by atoms with Crippen LogP contribution in [0.1, 0.15) is 31.7 Å². The molecular formula is C12H18N2O. The van der Waals surface area contributed by atoms with E-state index in [1.54, 1.807) is 13.3 Å². The van der Waals surface area contributed by atoms with Crippen LogP contribution in [-0.2, 0) is 5.54 Å². The number of aromatic nitrogens is 1. The average molecular weight is 206 g/mol. The maximum absolute atomic E-state index is 6.40. The quantitative estimate of drug-likeness (QED) is 0.805. The third kappa shape index (κ3) is 1.97. The van der Waals surface area contributed by atoms with E-state index in [0.717, 1.165) is 24.2 Å². The topological polar surface area (TPSA) is 48.1 Å². The van der Waals surface area contributed by atoms with Gasteiger partial charge in [0.25, 0.3) is 0 Å². The van der Waals surface area contributed by atoms with E-state index in [2.05, 4.69) is 11.9 Å². The monoisotopic (exact) mass is 206 g/mol. The zero-order valence-corrected chi connectivity index (χ0v) is 9.36. The molecule has 0 amide bonds. The molecule has 3 nitrogen and oxygen atoms in total. The Morgan fingerprint density at radius 2 is 2.33 bits per heavy atom. The molecule has 1 saturated carbocycles. The summed E-state index contributed by atoms with van der Waals surface area (Å²) in [6, 6.07) is 2.00. The lowest BCUT2D eigenvalue weighted by Gasteiger charge is -2.24. The number of hydrogen-bond acceptors (Lipinski definition) is 3. The zero-order chi connectivity index (χ0) is 10.9. The second-order valence-corrected chi connectivity index (χ2v) is 4.62. The average Bonchev–Trinajstić information content (AvgIpc) is 2.60. The number of nitrogens with zero attached hydrogens (tertiary/aromatic N) is 1. The van der Waals surface area contributed by atoms with Crippen molar-refractivity contribution in [3.63, 3.8) is 0 Å². The van der Waals surface area contributed by atoms with Crippen LogP contribution < -0.4 is 10.5 Å². The Balaban J connectivity index is 2.28. The summed E-state index contributed by atoms with van der Waals surface area (Å²) < 4.78 is 5.17. The number of rotatable bonds is 2. The highest BCUT2D eigenvalue weighted by molar-refractivity contribution is 5.30. The van der Waals surface area contributed by atoms with Crippen molar-refractivity contribution < 1.29 is 4.74 Å². The van der Waals surface area contributed by atoms with Crippen molar-refractivity contribution >= 4 is 0 Å². The van der Waals surface area contributed by atoms with Gasteiger partial charge in [-0.1, -0.05) is 6.92 Å². The molecule has 0 bridgehead atoms. The van der Waals surface area contributed by atoms with Crippen LogP contribution in [-0.4, -0.2) is 12.1 Å². The van der Waals surface area contributed by atoms with E-state index < -0.39 is 0 Å². The molecule has 2 atom stereocenters. The van der Waals surface area contributed by atoms with Crippen molar-refractivity contribution in [2.75, 3.05) is 7.11 Å². The molecule has 82 valence electrons.